The van der Waals surface area contributed by atoms with E-state index in [2.05, 4.69) is 24.4 Å². The molecular weight excluding hydrogens is 234 g/mol. The van der Waals surface area contributed by atoms with Crippen LogP contribution in [0, 0.1) is 6.92 Å². The minimum atomic E-state index is -0.0884. The summed E-state index contributed by atoms with van der Waals surface area (Å²) in [5.41, 5.74) is 1.23. The number of hydrogen-bond acceptors (Lipinski definition) is 3. The first-order chi connectivity index (χ1) is 8.13. The van der Waals surface area contributed by atoms with Crippen molar-refractivity contribution in [2.24, 2.45) is 0 Å². The van der Waals surface area contributed by atoms with Gasteiger partial charge in [0.2, 0.25) is 5.91 Å². The van der Waals surface area contributed by atoms with E-state index < -0.39 is 0 Å². The fourth-order valence-electron chi connectivity index (χ4n) is 1.29. The van der Waals surface area contributed by atoms with Crippen molar-refractivity contribution in [1.29, 1.82) is 0 Å². The van der Waals surface area contributed by atoms with Crippen LogP contribution in [0.5, 0.6) is 0 Å². The van der Waals surface area contributed by atoms with Crippen LogP contribution in [0.3, 0.4) is 0 Å². The lowest BCUT2D eigenvalue weighted by Gasteiger charge is -2.11. The summed E-state index contributed by atoms with van der Waals surface area (Å²) in [5.74, 6) is 0.0487. The Hall–Kier alpha value is -1.00. The lowest BCUT2D eigenvalue weighted by Crippen LogP contribution is -2.33. The van der Waals surface area contributed by atoms with E-state index in [0.717, 1.165) is 4.90 Å². The number of methoxy groups -OCH3 is 1. The molecule has 0 aliphatic carbocycles. The smallest absolute Gasteiger partial charge is 0.233 e. The molecule has 0 unspecified atom stereocenters. The molecule has 0 aliphatic rings. The zero-order chi connectivity index (χ0) is 12.7. The van der Waals surface area contributed by atoms with Gasteiger partial charge in [0.15, 0.2) is 0 Å². The summed E-state index contributed by atoms with van der Waals surface area (Å²) in [6.07, 6.45) is 0. The molecule has 1 amide bonds. The summed E-state index contributed by atoms with van der Waals surface area (Å²) in [4.78, 5) is 12.8. The van der Waals surface area contributed by atoms with Crippen LogP contribution in [-0.2, 0) is 9.53 Å². The molecular formula is C13H19NO2S. The van der Waals surface area contributed by atoms with E-state index in [1.54, 1.807) is 18.9 Å². The third-order valence-electron chi connectivity index (χ3n) is 2.31. The van der Waals surface area contributed by atoms with Crippen molar-refractivity contribution in [3.63, 3.8) is 0 Å². The van der Waals surface area contributed by atoms with Crippen LogP contribution in [0.2, 0.25) is 0 Å². The van der Waals surface area contributed by atoms with Crippen LogP contribution in [0.25, 0.3) is 0 Å². The van der Waals surface area contributed by atoms with E-state index in [1.165, 1.54) is 5.56 Å². The Morgan fingerprint density at radius 1 is 1.41 bits per heavy atom. The summed E-state index contributed by atoms with van der Waals surface area (Å²) in [7, 11) is 1.62. The van der Waals surface area contributed by atoms with Crippen LogP contribution in [0.1, 0.15) is 12.5 Å². The molecule has 0 spiro atoms. The van der Waals surface area contributed by atoms with Crippen LogP contribution >= 0.6 is 11.8 Å². The third-order valence-corrected chi connectivity index (χ3v) is 3.42. The van der Waals surface area contributed by atoms with Gasteiger partial charge in [-0.1, -0.05) is 17.7 Å². The van der Waals surface area contributed by atoms with E-state index in [-0.39, 0.29) is 11.2 Å². The van der Waals surface area contributed by atoms with E-state index in [1.807, 2.05) is 19.1 Å². The minimum absolute atomic E-state index is 0.0487. The normalized spacial score (nSPS) is 12.2. The number of benzene rings is 1. The first-order valence-electron chi connectivity index (χ1n) is 5.63. The zero-order valence-corrected chi connectivity index (χ0v) is 11.3. The molecule has 1 aromatic rings. The Bertz CT molecular complexity index is 351. The second-order valence-corrected chi connectivity index (χ2v) is 5.27. The number of thioether (sulfide) groups is 1. The Balaban J connectivity index is 2.40. The highest BCUT2D eigenvalue weighted by molar-refractivity contribution is 8.00. The van der Waals surface area contributed by atoms with Crippen LogP contribution < -0.4 is 5.32 Å². The number of amides is 1. The standard InChI is InChI=1S/C13H19NO2S/c1-10-4-6-12(7-5-10)17-11(2)13(15)14-8-9-16-3/h4-7,11H,8-9H2,1-3H3,(H,14,15)/t11-/m0/s1. The second kappa shape index (κ2) is 7.35. The van der Waals surface area contributed by atoms with Gasteiger partial charge in [-0.2, -0.15) is 0 Å². The Labute approximate surface area is 107 Å². The topological polar surface area (TPSA) is 38.3 Å². The van der Waals surface area contributed by atoms with Crippen molar-refractivity contribution in [2.45, 2.75) is 24.0 Å². The summed E-state index contributed by atoms with van der Waals surface area (Å²) >= 11 is 1.57. The largest absolute Gasteiger partial charge is 0.383 e. The van der Waals surface area contributed by atoms with Gasteiger partial charge >= 0.3 is 0 Å². The Morgan fingerprint density at radius 2 is 2.06 bits per heavy atom. The average Bonchev–Trinajstić information content (AvgIpc) is 2.32. The Kier molecular flexibility index (Phi) is 6.08. The lowest BCUT2D eigenvalue weighted by atomic mass is 10.2. The molecule has 17 heavy (non-hydrogen) atoms. The highest BCUT2D eigenvalue weighted by Gasteiger charge is 2.13. The fraction of sp³-hybridized carbons (Fsp3) is 0.462. The SMILES string of the molecule is COCCNC(=O)[C@H](C)Sc1ccc(C)cc1. The van der Waals surface area contributed by atoms with Crippen molar-refractivity contribution in [3.05, 3.63) is 29.8 Å². The van der Waals surface area contributed by atoms with Crippen LogP contribution in [0.15, 0.2) is 29.2 Å². The number of nitrogens with one attached hydrogen (secondary N) is 1. The zero-order valence-electron chi connectivity index (χ0n) is 10.5. The van der Waals surface area contributed by atoms with Gasteiger partial charge in [-0.3, -0.25) is 4.79 Å². The van der Waals surface area contributed by atoms with Gasteiger partial charge in [-0.05, 0) is 26.0 Å². The number of aryl methyl sites for hydroxylation is 1. The molecule has 1 aromatic carbocycles. The van der Waals surface area contributed by atoms with E-state index >= 15 is 0 Å². The summed E-state index contributed by atoms with van der Waals surface area (Å²) in [5, 5.41) is 2.74. The second-order valence-electron chi connectivity index (χ2n) is 3.86. The maximum atomic E-state index is 11.7. The van der Waals surface area contributed by atoms with Gasteiger partial charge in [-0.15, -0.1) is 11.8 Å². The van der Waals surface area contributed by atoms with Crippen LogP contribution in [-0.4, -0.2) is 31.4 Å². The molecule has 4 heteroatoms. The quantitative estimate of drug-likeness (QED) is 0.624. The minimum Gasteiger partial charge on any atom is -0.383 e. The average molecular weight is 253 g/mol. The molecule has 3 nitrogen and oxygen atoms in total. The summed E-state index contributed by atoms with van der Waals surface area (Å²) in [6.45, 7) is 5.07. The van der Waals surface area contributed by atoms with Crippen LogP contribution in [0.4, 0.5) is 0 Å². The van der Waals surface area contributed by atoms with Gasteiger partial charge in [0.1, 0.15) is 0 Å². The molecule has 0 heterocycles. The molecule has 94 valence electrons. The highest BCUT2D eigenvalue weighted by atomic mass is 32.2. The first kappa shape index (κ1) is 14.1. The number of rotatable bonds is 6. The van der Waals surface area contributed by atoms with Crippen molar-refractivity contribution >= 4 is 17.7 Å². The van der Waals surface area contributed by atoms with Crippen molar-refractivity contribution in [3.8, 4) is 0 Å². The Morgan fingerprint density at radius 3 is 2.65 bits per heavy atom. The summed E-state index contributed by atoms with van der Waals surface area (Å²) < 4.78 is 4.88. The first-order valence-corrected chi connectivity index (χ1v) is 6.51. The van der Waals surface area contributed by atoms with Gasteiger partial charge < -0.3 is 10.1 Å². The molecule has 1 atom stereocenters. The molecule has 0 aromatic heterocycles. The van der Waals surface area contributed by atoms with E-state index in [9.17, 15) is 4.79 Å². The van der Waals surface area contributed by atoms with Gasteiger partial charge in [0.05, 0.1) is 11.9 Å². The number of carbonyl (C=O) groups excluding carboxylic acids is 1. The van der Waals surface area contributed by atoms with Crippen molar-refractivity contribution < 1.29 is 9.53 Å². The van der Waals surface area contributed by atoms with Gasteiger partial charge in [-0.25, -0.2) is 0 Å². The lowest BCUT2D eigenvalue weighted by molar-refractivity contribution is -0.120. The van der Waals surface area contributed by atoms with Crippen molar-refractivity contribution in [2.75, 3.05) is 20.3 Å². The molecule has 0 saturated heterocycles. The molecule has 0 aliphatic heterocycles. The predicted octanol–water partition coefficient (Wildman–Crippen LogP) is 2.24. The molecule has 1 N–H and O–H groups in total. The van der Waals surface area contributed by atoms with E-state index in [0.29, 0.717) is 13.2 Å². The maximum absolute atomic E-state index is 11.7. The number of carbonyl (C=O) groups is 1. The van der Waals surface area contributed by atoms with Crippen molar-refractivity contribution in [1.82, 2.24) is 5.32 Å². The summed E-state index contributed by atoms with van der Waals surface area (Å²) in [6, 6.07) is 8.19. The van der Waals surface area contributed by atoms with Gasteiger partial charge in [0, 0.05) is 18.6 Å². The molecule has 0 fully saturated rings. The number of hydrogen-bond donors (Lipinski definition) is 1. The highest BCUT2D eigenvalue weighted by Crippen LogP contribution is 2.23. The number of ether oxygens (including phenoxy) is 1. The fourth-order valence-corrected chi connectivity index (χ4v) is 2.19. The van der Waals surface area contributed by atoms with Gasteiger partial charge in [0.25, 0.3) is 0 Å². The third kappa shape index (κ3) is 5.24. The monoisotopic (exact) mass is 253 g/mol. The van der Waals surface area contributed by atoms with E-state index in [4.69, 9.17) is 4.74 Å². The molecule has 0 saturated carbocycles. The molecule has 0 bridgehead atoms. The molecule has 0 radical (unpaired) electrons. The molecule has 1 rings (SSSR count). The predicted molar refractivity (Wildman–Crippen MR) is 71.4 cm³/mol. The maximum Gasteiger partial charge on any atom is 0.233 e.